The van der Waals surface area contributed by atoms with Crippen LogP contribution in [0, 0.1) is 20.8 Å². The Morgan fingerprint density at radius 1 is 1.24 bits per heavy atom. The molecule has 0 bridgehead atoms. The number of aryl methyl sites for hydroxylation is 3. The maximum absolute atomic E-state index is 12.1. The summed E-state index contributed by atoms with van der Waals surface area (Å²) in [6, 6.07) is 9.42. The normalized spacial score (nSPS) is 10.4. The number of pyridine rings is 1. The minimum atomic E-state index is -0.243. The van der Waals surface area contributed by atoms with E-state index in [2.05, 4.69) is 10.3 Å². The molecule has 1 heterocycles. The molecule has 2 N–H and O–H groups in total. The smallest absolute Gasteiger partial charge is 0.317 e. The SMILES string of the molecule is Cc1cccc(OCCN(C)C(=O)NCc2c(C)cc(C)[nH]c2=O)c1. The van der Waals surface area contributed by atoms with Crippen LogP contribution in [-0.2, 0) is 6.54 Å². The standard InChI is InChI=1S/C19H25N3O3/c1-13-6-5-7-16(10-13)25-9-8-22(4)19(24)20-12-17-14(2)11-15(3)21-18(17)23/h5-7,10-11H,8-9,12H2,1-4H3,(H,20,24)(H,21,23). The third-order valence-corrected chi connectivity index (χ3v) is 3.94. The van der Waals surface area contributed by atoms with Crippen LogP contribution in [0.25, 0.3) is 0 Å². The summed E-state index contributed by atoms with van der Waals surface area (Å²) >= 11 is 0. The van der Waals surface area contributed by atoms with Crippen LogP contribution in [0.1, 0.15) is 22.4 Å². The number of likely N-dealkylation sites (N-methyl/N-ethyl adjacent to an activating group) is 1. The second kappa shape index (κ2) is 8.37. The zero-order chi connectivity index (χ0) is 18.4. The third-order valence-electron chi connectivity index (χ3n) is 3.94. The van der Waals surface area contributed by atoms with E-state index in [0.29, 0.717) is 18.7 Å². The van der Waals surface area contributed by atoms with Gasteiger partial charge in [-0.25, -0.2) is 4.79 Å². The molecule has 0 fully saturated rings. The summed E-state index contributed by atoms with van der Waals surface area (Å²) in [4.78, 5) is 28.4. The summed E-state index contributed by atoms with van der Waals surface area (Å²) in [6.45, 7) is 6.74. The molecule has 0 aliphatic rings. The summed E-state index contributed by atoms with van der Waals surface area (Å²) in [5.41, 5.74) is 3.21. The summed E-state index contributed by atoms with van der Waals surface area (Å²) in [7, 11) is 1.70. The predicted molar refractivity (Wildman–Crippen MR) is 98.1 cm³/mol. The second-order valence-corrected chi connectivity index (χ2v) is 6.19. The monoisotopic (exact) mass is 343 g/mol. The van der Waals surface area contributed by atoms with Gasteiger partial charge in [0.15, 0.2) is 0 Å². The molecule has 0 saturated heterocycles. The fraction of sp³-hybridized carbons (Fsp3) is 0.368. The summed E-state index contributed by atoms with van der Waals surface area (Å²) in [5, 5.41) is 2.77. The number of nitrogens with zero attached hydrogens (tertiary/aromatic N) is 1. The van der Waals surface area contributed by atoms with Crippen LogP contribution in [0.2, 0.25) is 0 Å². The van der Waals surface area contributed by atoms with Gasteiger partial charge in [0.25, 0.3) is 5.56 Å². The molecule has 0 saturated carbocycles. The number of benzene rings is 1. The second-order valence-electron chi connectivity index (χ2n) is 6.19. The highest BCUT2D eigenvalue weighted by atomic mass is 16.5. The number of hydrogen-bond donors (Lipinski definition) is 2. The Morgan fingerprint density at radius 2 is 2.00 bits per heavy atom. The molecule has 0 atom stereocenters. The quantitative estimate of drug-likeness (QED) is 0.846. The number of hydrogen-bond acceptors (Lipinski definition) is 3. The Labute approximate surface area is 147 Å². The molecule has 25 heavy (non-hydrogen) atoms. The van der Waals surface area contributed by atoms with Crippen molar-refractivity contribution < 1.29 is 9.53 Å². The van der Waals surface area contributed by atoms with E-state index in [-0.39, 0.29) is 18.1 Å². The highest BCUT2D eigenvalue weighted by Crippen LogP contribution is 2.12. The first-order valence-electron chi connectivity index (χ1n) is 8.24. The van der Waals surface area contributed by atoms with E-state index >= 15 is 0 Å². The van der Waals surface area contributed by atoms with Gasteiger partial charge in [-0.05, 0) is 50.1 Å². The van der Waals surface area contributed by atoms with E-state index in [4.69, 9.17) is 4.74 Å². The van der Waals surface area contributed by atoms with Crippen molar-refractivity contribution in [2.75, 3.05) is 20.2 Å². The van der Waals surface area contributed by atoms with Gasteiger partial charge in [0.1, 0.15) is 12.4 Å². The first-order valence-corrected chi connectivity index (χ1v) is 8.24. The Bertz CT molecular complexity index is 799. The average Bonchev–Trinajstić information content (AvgIpc) is 2.53. The van der Waals surface area contributed by atoms with Crippen molar-refractivity contribution in [3.8, 4) is 5.75 Å². The highest BCUT2D eigenvalue weighted by Gasteiger charge is 2.11. The number of aromatic amines is 1. The van der Waals surface area contributed by atoms with Gasteiger partial charge in [0, 0.05) is 18.3 Å². The summed E-state index contributed by atoms with van der Waals surface area (Å²) < 4.78 is 5.65. The number of H-pyrrole nitrogens is 1. The van der Waals surface area contributed by atoms with Crippen LogP contribution in [0.3, 0.4) is 0 Å². The summed E-state index contributed by atoms with van der Waals surface area (Å²) in [6.07, 6.45) is 0. The van der Waals surface area contributed by atoms with Crippen LogP contribution >= 0.6 is 0 Å². The van der Waals surface area contributed by atoms with Crippen LogP contribution in [0.15, 0.2) is 35.1 Å². The fourth-order valence-corrected chi connectivity index (χ4v) is 2.51. The maximum atomic E-state index is 12.1. The van der Waals surface area contributed by atoms with Crippen molar-refractivity contribution in [1.29, 1.82) is 0 Å². The van der Waals surface area contributed by atoms with Gasteiger partial charge in [0.2, 0.25) is 0 Å². The lowest BCUT2D eigenvalue weighted by Gasteiger charge is -2.18. The first kappa shape index (κ1) is 18.6. The lowest BCUT2D eigenvalue weighted by molar-refractivity contribution is 0.195. The van der Waals surface area contributed by atoms with Gasteiger partial charge in [0.05, 0.1) is 13.1 Å². The van der Waals surface area contributed by atoms with E-state index in [1.165, 1.54) is 4.90 Å². The van der Waals surface area contributed by atoms with Crippen molar-refractivity contribution in [3.05, 3.63) is 63.1 Å². The van der Waals surface area contributed by atoms with Crippen LogP contribution in [0.5, 0.6) is 5.75 Å². The van der Waals surface area contributed by atoms with Crippen molar-refractivity contribution in [2.24, 2.45) is 0 Å². The van der Waals surface area contributed by atoms with Gasteiger partial charge in [-0.1, -0.05) is 12.1 Å². The van der Waals surface area contributed by atoms with Crippen LogP contribution in [0.4, 0.5) is 4.79 Å². The number of aromatic nitrogens is 1. The average molecular weight is 343 g/mol. The number of rotatable bonds is 6. The highest BCUT2D eigenvalue weighted by molar-refractivity contribution is 5.73. The molecule has 0 aliphatic carbocycles. The van der Waals surface area contributed by atoms with Gasteiger partial charge >= 0.3 is 6.03 Å². The number of urea groups is 1. The molecule has 2 amide bonds. The number of ether oxygens (including phenoxy) is 1. The molecular weight excluding hydrogens is 318 g/mol. The van der Waals surface area contributed by atoms with Crippen molar-refractivity contribution in [2.45, 2.75) is 27.3 Å². The minimum absolute atomic E-state index is 0.164. The molecule has 1 aromatic carbocycles. The number of nitrogens with one attached hydrogen (secondary N) is 2. The predicted octanol–water partition coefficient (Wildman–Crippen LogP) is 2.52. The topological polar surface area (TPSA) is 74.4 Å². The zero-order valence-corrected chi connectivity index (χ0v) is 15.2. The molecule has 1 aromatic heterocycles. The van der Waals surface area contributed by atoms with Crippen LogP contribution in [-0.4, -0.2) is 36.1 Å². The third kappa shape index (κ3) is 5.38. The van der Waals surface area contributed by atoms with Crippen molar-refractivity contribution in [1.82, 2.24) is 15.2 Å². The largest absolute Gasteiger partial charge is 0.492 e. The molecule has 6 heteroatoms. The van der Waals surface area contributed by atoms with E-state index < -0.39 is 0 Å². The van der Waals surface area contributed by atoms with Crippen molar-refractivity contribution in [3.63, 3.8) is 0 Å². The van der Waals surface area contributed by atoms with Gasteiger partial charge in [-0.3, -0.25) is 4.79 Å². The lowest BCUT2D eigenvalue weighted by atomic mass is 10.1. The van der Waals surface area contributed by atoms with E-state index in [9.17, 15) is 9.59 Å². The summed E-state index contributed by atoms with van der Waals surface area (Å²) in [5.74, 6) is 0.788. The maximum Gasteiger partial charge on any atom is 0.317 e. The molecule has 0 spiro atoms. The molecule has 134 valence electrons. The molecule has 0 aliphatic heterocycles. The number of carbonyl (C=O) groups is 1. The van der Waals surface area contributed by atoms with Gasteiger partial charge < -0.3 is 19.9 Å². The Morgan fingerprint density at radius 3 is 2.68 bits per heavy atom. The van der Waals surface area contributed by atoms with Crippen LogP contribution < -0.4 is 15.6 Å². The fourth-order valence-electron chi connectivity index (χ4n) is 2.51. The minimum Gasteiger partial charge on any atom is -0.492 e. The molecule has 0 unspecified atom stereocenters. The van der Waals surface area contributed by atoms with Gasteiger partial charge in [-0.2, -0.15) is 0 Å². The Hall–Kier alpha value is -2.76. The molecule has 2 aromatic rings. The Kier molecular flexibility index (Phi) is 6.22. The van der Waals surface area contributed by atoms with E-state index in [0.717, 1.165) is 22.6 Å². The van der Waals surface area contributed by atoms with Gasteiger partial charge in [-0.15, -0.1) is 0 Å². The molecule has 2 rings (SSSR count). The zero-order valence-electron chi connectivity index (χ0n) is 15.2. The van der Waals surface area contributed by atoms with E-state index in [1.807, 2.05) is 51.1 Å². The lowest BCUT2D eigenvalue weighted by Crippen LogP contribution is -2.40. The molecule has 6 nitrogen and oxygen atoms in total. The van der Waals surface area contributed by atoms with Crippen molar-refractivity contribution >= 4 is 6.03 Å². The molecular formula is C19H25N3O3. The molecule has 0 radical (unpaired) electrons. The Balaban J connectivity index is 1.81. The van der Waals surface area contributed by atoms with E-state index in [1.54, 1.807) is 7.05 Å². The number of amides is 2. The first-order chi connectivity index (χ1) is 11.9. The number of carbonyl (C=O) groups excluding carboxylic acids is 1.